The fraction of sp³-hybridized carbons (Fsp3) is 0.583. The monoisotopic (exact) mass is 316 g/mol. The number of nitrogens with zero attached hydrogens (tertiary/aromatic N) is 2. The van der Waals surface area contributed by atoms with Crippen LogP contribution in [0.15, 0.2) is 23.2 Å². The first-order valence-corrected chi connectivity index (χ1v) is 8.17. The second kappa shape index (κ2) is 7.14. The molecule has 1 aliphatic rings. The summed E-state index contributed by atoms with van der Waals surface area (Å²) in [7, 11) is -3.55. The number of nitrogens with one attached hydrogen (secondary N) is 1. The lowest BCUT2D eigenvalue weighted by Crippen LogP contribution is -2.41. The Kier molecular flexibility index (Phi) is 5.48. The van der Waals surface area contributed by atoms with Gasteiger partial charge in [-0.3, -0.25) is 0 Å². The van der Waals surface area contributed by atoms with Gasteiger partial charge in [0.05, 0.1) is 24.2 Å². The number of ether oxygens (including phenoxy) is 1. The number of anilines is 1. The van der Waals surface area contributed by atoms with Crippen LogP contribution in [0.5, 0.6) is 0 Å². The van der Waals surface area contributed by atoms with Crippen molar-refractivity contribution in [2.45, 2.75) is 23.8 Å². The van der Waals surface area contributed by atoms with Crippen molar-refractivity contribution in [1.29, 1.82) is 0 Å². The second-order valence-electron chi connectivity index (χ2n) is 4.72. The molecule has 0 unspecified atom stereocenters. The predicted molar refractivity (Wildman–Crippen MR) is 76.9 cm³/mol. The lowest BCUT2D eigenvalue weighted by atomic mass is 10.1. The Labute approximate surface area is 123 Å². The van der Waals surface area contributed by atoms with Gasteiger partial charge in [0.2, 0.25) is 10.0 Å². The highest BCUT2D eigenvalue weighted by atomic mass is 32.2. The standard InChI is InChI=1S/C12H20N4O4S/c13-15-12-9-11(1-4-14-12)21(18,19)16-5-2-10(3-6-16)20-8-7-17/h1,4,9-10,17H,2-3,5-8,13H2,(H,14,15). The number of hydrogen-bond donors (Lipinski definition) is 3. The molecule has 0 saturated carbocycles. The molecule has 2 heterocycles. The van der Waals surface area contributed by atoms with E-state index in [2.05, 4.69) is 10.4 Å². The lowest BCUT2D eigenvalue weighted by molar-refractivity contribution is 0.00318. The minimum absolute atomic E-state index is 0.00214. The Morgan fingerprint density at radius 1 is 1.48 bits per heavy atom. The molecule has 1 fully saturated rings. The maximum Gasteiger partial charge on any atom is 0.243 e. The summed E-state index contributed by atoms with van der Waals surface area (Å²) in [5.41, 5.74) is 2.33. The molecule has 1 aromatic heterocycles. The van der Waals surface area contributed by atoms with E-state index in [9.17, 15) is 8.42 Å². The van der Waals surface area contributed by atoms with Crippen LogP contribution in [0.4, 0.5) is 5.82 Å². The molecule has 0 aromatic carbocycles. The van der Waals surface area contributed by atoms with E-state index in [1.165, 1.54) is 22.6 Å². The van der Waals surface area contributed by atoms with E-state index in [1.807, 2.05) is 0 Å². The SMILES string of the molecule is NNc1cc(S(=O)(=O)N2CCC(OCCO)CC2)ccn1. The topological polar surface area (TPSA) is 118 Å². The van der Waals surface area contributed by atoms with Gasteiger partial charge in [-0.1, -0.05) is 0 Å². The number of rotatable bonds is 6. The zero-order chi connectivity index (χ0) is 15.3. The summed E-state index contributed by atoms with van der Waals surface area (Å²) in [5.74, 6) is 5.55. The Morgan fingerprint density at radius 3 is 2.81 bits per heavy atom. The predicted octanol–water partition coefficient (Wildman–Crippen LogP) is -0.471. The van der Waals surface area contributed by atoms with Gasteiger partial charge in [0.1, 0.15) is 5.82 Å². The second-order valence-corrected chi connectivity index (χ2v) is 6.66. The van der Waals surface area contributed by atoms with Gasteiger partial charge in [-0.15, -0.1) is 0 Å². The van der Waals surface area contributed by atoms with Gasteiger partial charge in [0.15, 0.2) is 0 Å². The van der Waals surface area contributed by atoms with Crippen molar-refractivity contribution >= 4 is 15.8 Å². The van der Waals surface area contributed by atoms with Crippen molar-refractivity contribution < 1.29 is 18.3 Å². The molecule has 1 saturated heterocycles. The molecule has 0 atom stereocenters. The van der Waals surface area contributed by atoms with E-state index in [1.54, 1.807) is 0 Å². The van der Waals surface area contributed by atoms with Gasteiger partial charge >= 0.3 is 0 Å². The molecule has 9 heteroatoms. The van der Waals surface area contributed by atoms with E-state index >= 15 is 0 Å². The Balaban J connectivity index is 2.04. The van der Waals surface area contributed by atoms with E-state index in [0.717, 1.165) is 0 Å². The highest BCUT2D eigenvalue weighted by Gasteiger charge is 2.29. The third-order valence-electron chi connectivity index (χ3n) is 3.36. The highest BCUT2D eigenvalue weighted by Crippen LogP contribution is 2.22. The first-order chi connectivity index (χ1) is 10.1. The molecule has 4 N–H and O–H groups in total. The fourth-order valence-corrected chi connectivity index (χ4v) is 3.74. The average Bonchev–Trinajstić information content (AvgIpc) is 2.53. The molecule has 21 heavy (non-hydrogen) atoms. The lowest BCUT2D eigenvalue weighted by Gasteiger charge is -2.31. The number of nitrogen functional groups attached to an aromatic ring is 1. The Hall–Kier alpha value is -1.26. The number of aliphatic hydroxyl groups excluding tert-OH is 1. The molecule has 1 aromatic rings. The summed E-state index contributed by atoms with van der Waals surface area (Å²) in [4.78, 5) is 4.07. The van der Waals surface area contributed by atoms with Crippen molar-refractivity contribution in [1.82, 2.24) is 9.29 Å². The molecular weight excluding hydrogens is 296 g/mol. The van der Waals surface area contributed by atoms with Crippen molar-refractivity contribution in [3.8, 4) is 0 Å². The smallest absolute Gasteiger partial charge is 0.243 e. The van der Waals surface area contributed by atoms with Crippen LogP contribution in [0.2, 0.25) is 0 Å². The number of pyridine rings is 1. The van der Waals surface area contributed by atoms with Crippen LogP contribution in [0.3, 0.4) is 0 Å². The maximum absolute atomic E-state index is 12.5. The zero-order valence-electron chi connectivity index (χ0n) is 11.6. The van der Waals surface area contributed by atoms with Gasteiger partial charge < -0.3 is 15.3 Å². The van der Waals surface area contributed by atoms with Gasteiger partial charge in [-0.05, 0) is 18.9 Å². The summed E-state index contributed by atoms with van der Waals surface area (Å²) < 4.78 is 31.9. The molecule has 8 nitrogen and oxygen atoms in total. The normalized spacial score (nSPS) is 17.8. The Bertz CT molecular complexity index is 558. The van der Waals surface area contributed by atoms with Crippen molar-refractivity contribution in [2.24, 2.45) is 5.84 Å². The molecule has 118 valence electrons. The summed E-state index contributed by atoms with van der Waals surface area (Å²) in [6.07, 6.45) is 2.64. The summed E-state index contributed by atoms with van der Waals surface area (Å²) in [5, 5.41) is 8.72. The zero-order valence-corrected chi connectivity index (χ0v) is 12.4. The van der Waals surface area contributed by atoms with Crippen LogP contribution < -0.4 is 11.3 Å². The van der Waals surface area contributed by atoms with Gasteiger partial charge in [0.25, 0.3) is 0 Å². The summed E-state index contributed by atoms with van der Waals surface area (Å²) >= 11 is 0. The molecule has 0 radical (unpaired) electrons. The van der Waals surface area contributed by atoms with Crippen LogP contribution in [-0.4, -0.2) is 55.2 Å². The molecule has 0 spiro atoms. The number of hydrazine groups is 1. The van der Waals surface area contributed by atoms with E-state index in [4.69, 9.17) is 15.7 Å². The number of sulfonamides is 1. The average molecular weight is 316 g/mol. The van der Waals surface area contributed by atoms with Crippen molar-refractivity contribution in [3.63, 3.8) is 0 Å². The number of piperidine rings is 1. The molecule has 0 bridgehead atoms. The molecule has 1 aliphatic heterocycles. The summed E-state index contributed by atoms with van der Waals surface area (Å²) in [6.45, 7) is 1.05. The van der Waals surface area contributed by atoms with Gasteiger partial charge in [0, 0.05) is 25.4 Å². The van der Waals surface area contributed by atoms with Crippen LogP contribution in [0.25, 0.3) is 0 Å². The van der Waals surface area contributed by atoms with E-state index < -0.39 is 10.0 Å². The quantitative estimate of drug-likeness (QED) is 0.479. The van der Waals surface area contributed by atoms with E-state index in [0.29, 0.717) is 31.7 Å². The van der Waals surface area contributed by atoms with Gasteiger partial charge in [-0.2, -0.15) is 4.31 Å². The molecule has 2 rings (SSSR count). The first-order valence-electron chi connectivity index (χ1n) is 6.73. The molecular formula is C12H20N4O4S. The van der Waals surface area contributed by atoms with Crippen LogP contribution >= 0.6 is 0 Å². The number of hydrogen-bond acceptors (Lipinski definition) is 7. The maximum atomic E-state index is 12.5. The first kappa shape index (κ1) is 16.1. The third kappa shape index (κ3) is 3.89. The minimum Gasteiger partial charge on any atom is -0.394 e. The van der Waals surface area contributed by atoms with E-state index in [-0.39, 0.29) is 24.2 Å². The van der Waals surface area contributed by atoms with Crippen LogP contribution in [0, 0.1) is 0 Å². The number of nitrogens with two attached hydrogens (primary N) is 1. The van der Waals surface area contributed by atoms with Crippen molar-refractivity contribution in [3.05, 3.63) is 18.3 Å². The van der Waals surface area contributed by atoms with Crippen molar-refractivity contribution in [2.75, 3.05) is 31.7 Å². The highest BCUT2D eigenvalue weighted by molar-refractivity contribution is 7.89. The summed E-state index contributed by atoms with van der Waals surface area (Å²) in [6, 6.07) is 2.86. The van der Waals surface area contributed by atoms with Crippen LogP contribution in [-0.2, 0) is 14.8 Å². The number of aliphatic hydroxyl groups is 1. The Morgan fingerprint density at radius 2 is 2.19 bits per heavy atom. The van der Waals surface area contributed by atoms with Gasteiger partial charge in [-0.25, -0.2) is 19.2 Å². The number of aromatic nitrogens is 1. The largest absolute Gasteiger partial charge is 0.394 e. The molecule has 0 aliphatic carbocycles. The van der Waals surface area contributed by atoms with Crippen LogP contribution in [0.1, 0.15) is 12.8 Å². The third-order valence-corrected chi connectivity index (χ3v) is 5.26. The fourth-order valence-electron chi connectivity index (χ4n) is 2.26. The minimum atomic E-state index is -3.55. The molecule has 0 amide bonds.